The van der Waals surface area contributed by atoms with Gasteiger partial charge in [-0.1, -0.05) is 0 Å². The lowest BCUT2D eigenvalue weighted by Gasteiger charge is -2.34. The van der Waals surface area contributed by atoms with Crippen molar-refractivity contribution in [1.29, 1.82) is 0 Å². The number of anilines is 1. The summed E-state index contributed by atoms with van der Waals surface area (Å²) in [6.45, 7) is 7.25. The van der Waals surface area contributed by atoms with Crippen LogP contribution in [0.1, 0.15) is 11.5 Å². The molecule has 3 rings (SSSR count). The third-order valence-electron chi connectivity index (χ3n) is 3.54. The van der Waals surface area contributed by atoms with E-state index >= 15 is 0 Å². The second-order valence-corrected chi connectivity index (χ2v) is 5.83. The molecule has 0 bridgehead atoms. The van der Waals surface area contributed by atoms with E-state index in [1.807, 2.05) is 12.4 Å². The van der Waals surface area contributed by atoms with E-state index in [9.17, 15) is 0 Å². The molecule has 2 aromatic rings. The Balaban J connectivity index is 1.56. The summed E-state index contributed by atoms with van der Waals surface area (Å²) in [7, 11) is 2.05. The van der Waals surface area contributed by atoms with Crippen molar-refractivity contribution in [3.05, 3.63) is 29.3 Å². The maximum atomic E-state index is 4.56. The lowest BCUT2D eigenvalue weighted by atomic mass is 10.3. The van der Waals surface area contributed by atoms with Crippen LogP contribution in [0.3, 0.4) is 0 Å². The average molecular weight is 277 g/mol. The van der Waals surface area contributed by atoms with Gasteiger partial charge >= 0.3 is 0 Å². The smallest absolute Gasteiger partial charge is 0.185 e. The number of hydrogen-bond donors (Lipinski definition) is 0. The van der Waals surface area contributed by atoms with Crippen molar-refractivity contribution < 1.29 is 0 Å². The zero-order valence-corrected chi connectivity index (χ0v) is 12.2. The average Bonchev–Trinajstić information content (AvgIpc) is 3.00. The second-order valence-electron chi connectivity index (χ2n) is 4.99. The first-order chi connectivity index (χ1) is 9.22. The molecule has 0 radical (unpaired) electrons. The number of piperazine rings is 1. The number of aromatic nitrogens is 3. The Hall–Kier alpha value is -1.40. The van der Waals surface area contributed by atoms with E-state index in [0.29, 0.717) is 0 Å². The fraction of sp³-hybridized carbons (Fsp3) is 0.538. The molecule has 0 amide bonds. The van der Waals surface area contributed by atoms with Gasteiger partial charge in [0.25, 0.3) is 0 Å². The van der Waals surface area contributed by atoms with Crippen molar-refractivity contribution in [2.24, 2.45) is 7.05 Å². The molecule has 0 atom stereocenters. The van der Waals surface area contributed by atoms with Crippen LogP contribution in [0.4, 0.5) is 5.13 Å². The highest BCUT2D eigenvalue weighted by Gasteiger charge is 2.19. The molecule has 102 valence electrons. The van der Waals surface area contributed by atoms with Crippen LogP contribution in [0.15, 0.2) is 17.8 Å². The highest BCUT2D eigenvalue weighted by Crippen LogP contribution is 2.21. The van der Waals surface area contributed by atoms with E-state index < -0.39 is 0 Å². The number of rotatable bonds is 3. The Kier molecular flexibility index (Phi) is 3.52. The molecule has 1 saturated heterocycles. The molecule has 1 aliphatic heterocycles. The van der Waals surface area contributed by atoms with Crippen LogP contribution < -0.4 is 4.90 Å². The van der Waals surface area contributed by atoms with Gasteiger partial charge in [0.2, 0.25) is 0 Å². The second kappa shape index (κ2) is 5.30. The summed E-state index contributed by atoms with van der Waals surface area (Å²) < 4.78 is 2.09. The summed E-state index contributed by atoms with van der Waals surface area (Å²) in [4.78, 5) is 13.8. The predicted molar refractivity (Wildman–Crippen MR) is 77.5 cm³/mol. The van der Waals surface area contributed by atoms with E-state index in [-0.39, 0.29) is 0 Å². The Morgan fingerprint density at radius 3 is 2.63 bits per heavy atom. The minimum Gasteiger partial charge on any atom is -0.346 e. The Labute approximate surface area is 117 Å². The van der Waals surface area contributed by atoms with Gasteiger partial charge in [0.05, 0.1) is 12.2 Å². The van der Waals surface area contributed by atoms with Crippen molar-refractivity contribution >= 4 is 16.5 Å². The maximum absolute atomic E-state index is 4.56. The van der Waals surface area contributed by atoms with Crippen LogP contribution in [0, 0.1) is 6.92 Å². The molecule has 1 aliphatic rings. The molecule has 0 spiro atoms. The third-order valence-corrected chi connectivity index (χ3v) is 4.55. The predicted octanol–water partition coefficient (Wildman–Crippen LogP) is 1.51. The molecular weight excluding hydrogens is 258 g/mol. The van der Waals surface area contributed by atoms with E-state index in [0.717, 1.165) is 49.4 Å². The van der Waals surface area contributed by atoms with Crippen LogP contribution in [-0.4, -0.2) is 45.6 Å². The molecule has 1 fully saturated rings. The highest BCUT2D eigenvalue weighted by atomic mass is 32.1. The van der Waals surface area contributed by atoms with Crippen LogP contribution >= 0.6 is 11.3 Å². The summed E-state index contributed by atoms with van der Waals surface area (Å²) >= 11 is 1.74. The van der Waals surface area contributed by atoms with Crippen LogP contribution in [-0.2, 0) is 13.6 Å². The molecule has 2 aromatic heterocycles. The van der Waals surface area contributed by atoms with Crippen molar-refractivity contribution in [2.75, 3.05) is 31.1 Å². The van der Waals surface area contributed by atoms with Gasteiger partial charge in [-0.25, -0.2) is 9.97 Å². The summed E-state index contributed by atoms with van der Waals surface area (Å²) in [6, 6.07) is 0. The van der Waals surface area contributed by atoms with Gasteiger partial charge in [-0.05, 0) is 6.92 Å². The summed E-state index contributed by atoms with van der Waals surface area (Å²) in [6.07, 6.45) is 3.87. The van der Waals surface area contributed by atoms with E-state index in [1.165, 1.54) is 0 Å². The van der Waals surface area contributed by atoms with Crippen molar-refractivity contribution in [1.82, 2.24) is 19.4 Å². The van der Waals surface area contributed by atoms with E-state index in [2.05, 4.69) is 43.7 Å². The topological polar surface area (TPSA) is 37.2 Å². The van der Waals surface area contributed by atoms with Gasteiger partial charge in [0, 0.05) is 51.0 Å². The molecule has 0 aromatic carbocycles. The SMILES string of the molecule is Cc1csc(N2CCN(Cc3nccn3C)CC2)n1. The first kappa shape index (κ1) is 12.6. The van der Waals surface area contributed by atoms with Gasteiger partial charge < -0.3 is 9.47 Å². The first-order valence-corrected chi connectivity index (χ1v) is 7.46. The number of thiazole rings is 1. The number of hydrogen-bond acceptors (Lipinski definition) is 5. The fourth-order valence-corrected chi connectivity index (χ4v) is 3.19. The van der Waals surface area contributed by atoms with Crippen LogP contribution in [0.2, 0.25) is 0 Å². The lowest BCUT2D eigenvalue weighted by molar-refractivity contribution is 0.242. The largest absolute Gasteiger partial charge is 0.346 e. The summed E-state index contributed by atoms with van der Waals surface area (Å²) in [5.41, 5.74) is 1.12. The van der Waals surface area contributed by atoms with Gasteiger partial charge in [-0.15, -0.1) is 11.3 Å². The minimum absolute atomic E-state index is 0.939. The molecule has 6 heteroatoms. The van der Waals surface area contributed by atoms with E-state index in [1.54, 1.807) is 11.3 Å². The number of nitrogens with zero attached hydrogens (tertiary/aromatic N) is 5. The van der Waals surface area contributed by atoms with Gasteiger partial charge in [-0.2, -0.15) is 0 Å². The molecule has 19 heavy (non-hydrogen) atoms. The standard InChI is InChI=1S/C13H19N5S/c1-11-10-19-13(15-11)18-7-5-17(6-8-18)9-12-14-3-4-16(12)2/h3-4,10H,5-9H2,1-2H3. The molecule has 0 N–H and O–H groups in total. The normalized spacial score (nSPS) is 17.1. The van der Waals surface area contributed by atoms with Crippen LogP contribution in [0.25, 0.3) is 0 Å². The zero-order valence-electron chi connectivity index (χ0n) is 11.4. The molecule has 5 nitrogen and oxygen atoms in total. The highest BCUT2D eigenvalue weighted by molar-refractivity contribution is 7.13. The van der Waals surface area contributed by atoms with Gasteiger partial charge in [0.1, 0.15) is 5.82 Å². The van der Waals surface area contributed by atoms with Crippen molar-refractivity contribution in [3.8, 4) is 0 Å². The van der Waals surface area contributed by atoms with E-state index in [4.69, 9.17) is 0 Å². The summed E-state index contributed by atoms with van der Waals surface area (Å²) in [5, 5.41) is 3.28. The summed E-state index contributed by atoms with van der Waals surface area (Å²) in [5.74, 6) is 1.14. The number of aryl methyl sites for hydroxylation is 2. The molecular formula is C13H19N5S. The lowest BCUT2D eigenvalue weighted by Crippen LogP contribution is -2.46. The Morgan fingerprint density at radius 2 is 2.05 bits per heavy atom. The molecule has 0 aliphatic carbocycles. The van der Waals surface area contributed by atoms with Crippen molar-refractivity contribution in [3.63, 3.8) is 0 Å². The Bertz CT molecular complexity index is 539. The molecule has 0 unspecified atom stereocenters. The van der Waals surface area contributed by atoms with Gasteiger partial charge in [-0.3, -0.25) is 4.90 Å². The van der Waals surface area contributed by atoms with Crippen molar-refractivity contribution in [2.45, 2.75) is 13.5 Å². The maximum Gasteiger partial charge on any atom is 0.185 e. The first-order valence-electron chi connectivity index (χ1n) is 6.58. The Morgan fingerprint density at radius 1 is 1.26 bits per heavy atom. The minimum atomic E-state index is 0.939. The fourth-order valence-electron chi connectivity index (χ4n) is 2.33. The monoisotopic (exact) mass is 277 g/mol. The van der Waals surface area contributed by atoms with Crippen LogP contribution in [0.5, 0.6) is 0 Å². The quantitative estimate of drug-likeness (QED) is 0.852. The van der Waals surface area contributed by atoms with Gasteiger partial charge in [0.15, 0.2) is 5.13 Å². The molecule has 3 heterocycles. The zero-order chi connectivity index (χ0) is 13.2. The third kappa shape index (κ3) is 2.79. The molecule has 0 saturated carbocycles. The number of imidazole rings is 1.